The summed E-state index contributed by atoms with van der Waals surface area (Å²) in [6, 6.07) is 3.98. The summed E-state index contributed by atoms with van der Waals surface area (Å²) in [5.74, 6) is 0.120. The highest BCUT2D eigenvalue weighted by Crippen LogP contribution is 2.32. The zero-order valence-electron chi connectivity index (χ0n) is 17.6. The standard InChI is InChI=1S/C22H25Cl2N5O2S/c1-2-20(30)29-13-16(14-29)27-6-8-28(9-7-27)21(31)4-3-15-11-17(23)18(24)12-19(15)26-22-25-5-10-32-22/h2,5,10-12,16H,1,3-4,6-9,13-14H2,(H,25,26). The molecule has 2 saturated heterocycles. The third kappa shape index (κ3) is 5.26. The number of hydrogen-bond donors (Lipinski definition) is 1. The van der Waals surface area contributed by atoms with E-state index in [-0.39, 0.29) is 11.8 Å². The van der Waals surface area contributed by atoms with E-state index in [1.165, 1.54) is 17.4 Å². The van der Waals surface area contributed by atoms with Gasteiger partial charge in [0.25, 0.3) is 0 Å². The monoisotopic (exact) mass is 493 g/mol. The second-order valence-electron chi connectivity index (χ2n) is 7.90. The molecule has 4 rings (SSSR count). The van der Waals surface area contributed by atoms with Crippen LogP contribution in [0.25, 0.3) is 0 Å². The maximum absolute atomic E-state index is 12.8. The molecule has 2 aromatic rings. The highest BCUT2D eigenvalue weighted by atomic mass is 35.5. The Morgan fingerprint density at radius 1 is 1.16 bits per heavy atom. The van der Waals surface area contributed by atoms with Gasteiger partial charge in [0, 0.05) is 69.0 Å². The molecular formula is C22H25Cl2N5O2S. The van der Waals surface area contributed by atoms with Crippen LogP contribution in [-0.4, -0.2) is 76.8 Å². The maximum atomic E-state index is 12.8. The second kappa shape index (κ2) is 10.2. The summed E-state index contributed by atoms with van der Waals surface area (Å²) < 4.78 is 0. The zero-order valence-corrected chi connectivity index (χ0v) is 19.9. The van der Waals surface area contributed by atoms with Crippen molar-refractivity contribution in [3.8, 4) is 0 Å². The first-order valence-corrected chi connectivity index (χ1v) is 12.2. The van der Waals surface area contributed by atoms with Gasteiger partial charge in [0.15, 0.2) is 5.13 Å². The summed E-state index contributed by atoms with van der Waals surface area (Å²) >= 11 is 13.9. The van der Waals surface area contributed by atoms with Crippen LogP contribution in [0, 0.1) is 0 Å². The Kier molecular flexibility index (Phi) is 7.35. The number of benzene rings is 1. The summed E-state index contributed by atoms with van der Waals surface area (Å²) in [5.41, 5.74) is 1.75. The lowest BCUT2D eigenvalue weighted by Crippen LogP contribution is -2.64. The first-order valence-electron chi connectivity index (χ1n) is 10.5. The molecule has 0 saturated carbocycles. The number of piperazine rings is 1. The van der Waals surface area contributed by atoms with E-state index >= 15 is 0 Å². The number of anilines is 2. The average molecular weight is 494 g/mol. The van der Waals surface area contributed by atoms with E-state index in [0.29, 0.717) is 42.0 Å². The van der Waals surface area contributed by atoms with Crippen LogP contribution in [0.2, 0.25) is 10.0 Å². The van der Waals surface area contributed by atoms with Gasteiger partial charge in [-0.2, -0.15) is 0 Å². The van der Waals surface area contributed by atoms with Crippen molar-refractivity contribution < 1.29 is 9.59 Å². The Bertz CT molecular complexity index is 986. The molecule has 0 spiro atoms. The number of carbonyl (C=O) groups is 2. The quantitative estimate of drug-likeness (QED) is 0.595. The summed E-state index contributed by atoms with van der Waals surface area (Å²) in [7, 11) is 0. The van der Waals surface area contributed by atoms with Crippen molar-refractivity contribution in [2.45, 2.75) is 18.9 Å². The fourth-order valence-corrected chi connectivity index (χ4v) is 4.93. The molecule has 1 N–H and O–H groups in total. The normalized spacial score (nSPS) is 17.2. The van der Waals surface area contributed by atoms with Crippen LogP contribution in [0.3, 0.4) is 0 Å². The minimum Gasteiger partial charge on any atom is -0.340 e. The van der Waals surface area contributed by atoms with Crippen molar-refractivity contribution in [2.75, 3.05) is 44.6 Å². The maximum Gasteiger partial charge on any atom is 0.246 e. The molecule has 10 heteroatoms. The van der Waals surface area contributed by atoms with E-state index in [0.717, 1.165) is 42.6 Å². The molecule has 0 aliphatic carbocycles. The largest absolute Gasteiger partial charge is 0.340 e. The molecule has 1 aromatic carbocycles. The van der Waals surface area contributed by atoms with E-state index in [1.54, 1.807) is 17.2 Å². The smallest absolute Gasteiger partial charge is 0.246 e. The fourth-order valence-electron chi connectivity index (χ4n) is 4.04. The van der Waals surface area contributed by atoms with Crippen LogP contribution in [0.1, 0.15) is 12.0 Å². The lowest BCUT2D eigenvalue weighted by atomic mass is 10.0. The van der Waals surface area contributed by atoms with Crippen molar-refractivity contribution in [1.82, 2.24) is 19.7 Å². The summed E-state index contributed by atoms with van der Waals surface area (Å²) in [6.45, 7) is 8.08. The molecule has 3 heterocycles. The minimum absolute atomic E-state index is 0.0129. The molecule has 0 radical (unpaired) electrons. The minimum atomic E-state index is -0.0129. The van der Waals surface area contributed by atoms with Crippen LogP contribution in [0.15, 0.2) is 36.4 Å². The number of aryl methyl sites for hydroxylation is 1. The Balaban J connectivity index is 1.29. The fraction of sp³-hybridized carbons (Fsp3) is 0.409. The number of carbonyl (C=O) groups excluding carboxylic acids is 2. The average Bonchev–Trinajstić information content (AvgIpc) is 3.27. The number of amides is 2. The lowest BCUT2D eigenvalue weighted by molar-refractivity contribution is -0.136. The van der Waals surface area contributed by atoms with Gasteiger partial charge in [0.05, 0.1) is 10.0 Å². The van der Waals surface area contributed by atoms with Gasteiger partial charge in [0.1, 0.15) is 0 Å². The van der Waals surface area contributed by atoms with Gasteiger partial charge in [-0.25, -0.2) is 4.98 Å². The lowest BCUT2D eigenvalue weighted by Gasteiger charge is -2.47. The topological polar surface area (TPSA) is 68.8 Å². The second-order valence-corrected chi connectivity index (χ2v) is 9.61. The van der Waals surface area contributed by atoms with Gasteiger partial charge >= 0.3 is 0 Å². The number of thiazole rings is 1. The van der Waals surface area contributed by atoms with Gasteiger partial charge < -0.3 is 15.1 Å². The Morgan fingerprint density at radius 3 is 2.53 bits per heavy atom. The number of halogens is 2. The number of aromatic nitrogens is 1. The number of rotatable bonds is 7. The molecule has 2 amide bonds. The Morgan fingerprint density at radius 2 is 1.88 bits per heavy atom. The van der Waals surface area contributed by atoms with E-state index < -0.39 is 0 Å². The zero-order chi connectivity index (χ0) is 22.7. The first-order chi connectivity index (χ1) is 15.4. The van der Waals surface area contributed by atoms with Crippen LogP contribution >= 0.6 is 34.5 Å². The molecular weight excluding hydrogens is 469 g/mol. The van der Waals surface area contributed by atoms with Crippen LogP contribution < -0.4 is 5.32 Å². The van der Waals surface area contributed by atoms with E-state index in [4.69, 9.17) is 23.2 Å². The highest BCUT2D eigenvalue weighted by Gasteiger charge is 2.35. The van der Waals surface area contributed by atoms with Gasteiger partial charge in [-0.3, -0.25) is 14.5 Å². The molecule has 32 heavy (non-hydrogen) atoms. The molecule has 2 aliphatic heterocycles. The number of likely N-dealkylation sites (tertiary alicyclic amines) is 1. The molecule has 7 nitrogen and oxygen atoms in total. The molecule has 0 atom stereocenters. The Labute approximate surface area is 201 Å². The first kappa shape index (κ1) is 23.0. The van der Waals surface area contributed by atoms with Gasteiger partial charge in [-0.15, -0.1) is 11.3 Å². The van der Waals surface area contributed by atoms with Gasteiger partial charge in [-0.1, -0.05) is 29.8 Å². The van der Waals surface area contributed by atoms with E-state index in [1.807, 2.05) is 16.3 Å². The van der Waals surface area contributed by atoms with Crippen LogP contribution in [-0.2, 0) is 16.0 Å². The van der Waals surface area contributed by atoms with Crippen molar-refractivity contribution >= 4 is 57.2 Å². The number of nitrogens with zero attached hydrogens (tertiary/aromatic N) is 4. The summed E-state index contributed by atoms with van der Waals surface area (Å²) in [6.07, 6.45) is 4.05. The summed E-state index contributed by atoms with van der Waals surface area (Å²) in [5, 5.41) is 6.85. The third-order valence-corrected chi connectivity index (χ3v) is 7.37. The number of hydrogen-bond acceptors (Lipinski definition) is 6. The van der Waals surface area contributed by atoms with Gasteiger partial charge in [0.2, 0.25) is 11.8 Å². The van der Waals surface area contributed by atoms with Crippen molar-refractivity contribution in [3.05, 3.63) is 52.0 Å². The van der Waals surface area contributed by atoms with Crippen LogP contribution in [0.4, 0.5) is 10.8 Å². The summed E-state index contributed by atoms with van der Waals surface area (Å²) in [4.78, 5) is 34.8. The molecule has 2 fully saturated rings. The molecule has 0 bridgehead atoms. The van der Waals surface area contributed by atoms with E-state index in [2.05, 4.69) is 21.8 Å². The SMILES string of the molecule is C=CC(=O)N1CC(N2CCN(C(=O)CCc3cc(Cl)c(Cl)cc3Nc3nccs3)CC2)C1. The third-order valence-electron chi connectivity index (χ3n) is 5.96. The number of nitrogens with one attached hydrogen (secondary N) is 1. The highest BCUT2D eigenvalue weighted by molar-refractivity contribution is 7.13. The van der Waals surface area contributed by atoms with Crippen molar-refractivity contribution in [3.63, 3.8) is 0 Å². The van der Waals surface area contributed by atoms with Crippen molar-refractivity contribution in [2.24, 2.45) is 0 Å². The molecule has 1 aromatic heterocycles. The van der Waals surface area contributed by atoms with Crippen LogP contribution in [0.5, 0.6) is 0 Å². The van der Waals surface area contributed by atoms with E-state index in [9.17, 15) is 9.59 Å². The van der Waals surface area contributed by atoms with Crippen molar-refractivity contribution in [1.29, 1.82) is 0 Å². The molecule has 0 unspecified atom stereocenters. The predicted octanol–water partition coefficient (Wildman–Crippen LogP) is 3.67. The molecule has 170 valence electrons. The predicted molar refractivity (Wildman–Crippen MR) is 129 cm³/mol. The van der Waals surface area contributed by atoms with Gasteiger partial charge in [-0.05, 0) is 30.2 Å². The molecule has 2 aliphatic rings. The Hall–Kier alpha value is -2.13.